The zero-order chi connectivity index (χ0) is 25.7. The summed E-state index contributed by atoms with van der Waals surface area (Å²) >= 11 is 0. The van der Waals surface area contributed by atoms with E-state index in [4.69, 9.17) is 4.52 Å². The summed E-state index contributed by atoms with van der Waals surface area (Å²) in [5.41, 5.74) is -0.244. The van der Waals surface area contributed by atoms with Crippen LogP contribution in [-0.2, 0) is 31.0 Å². The number of aryl methyl sites for hydroxylation is 1. The molecule has 36 heavy (non-hydrogen) atoms. The Balaban J connectivity index is 1.43. The van der Waals surface area contributed by atoms with Gasteiger partial charge in [-0.1, -0.05) is 6.07 Å². The second kappa shape index (κ2) is 10.2. The van der Waals surface area contributed by atoms with Crippen LogP contribution in [0.5, 0.6) is 0 Å². The van der Waals surface area contributed by atoms with Gasteiger partial charge in [-0.2, -0.15) is 18.3 Å². The first-order valence-corrected chi connectivity index (χ1v) is 10.5. The normalized spacial score (nSPS) is 11.2. The van der Waals surface area contributed by atoms with Gasteiger partial charge in [0.1, 0.15) is 5.69 Å². The van der Waals surface area contributed by atoms with Crippen LogP contribution in [0.2, 0.25) is 0 Å². The van der Waals surface area contributed by atoms with Gasteiger partial charge in [0.15, 0.2) is 0 Å². The van der Waals surface area contributed by atoms with Crippen molar-refractivity contribution in [2.75, 3.05) is 16.0 Å². The zero-order valence-corrected chi connectivity index (χ0v) is 18.8. The molecular weight excluding hydrogens is 481 g/mol. The molecule has 0 saturated carbocycles. The molecule has 0 bridgehead atoms. The fourth-order valence-electron chi connectivity index (χ4n) is 3.20. The van der Waals surface area contributed by atoms with Gasteiger partial charge >= 0.3 is 18.1 Å². The van der Waals surface area contributed by atoms with Gasteiger partial charge in [-0.3, -0.25) is 24.3 Å². The van der Waals surface area contributed by atoms with Crippen LogP contribution >= 0.6 is 0 Å². The molecule has 3 aromatic heterocycles. The van der Waals surface area contributed by atoms with Gasteiger partial charge in [0, 0.05) is 30.8 Å². The minimum atomic E-state index is -4.71. The third kappa shape index (κ3) is 6.65. The van der Waals surface area contributed by atoms with Crippen molar-refractivity contribution in [3.63, 3.8) is 0 Å². The Labute approximate surface area is 201 Å². The summed E-state index contributed by atoms with van der Waals surface area (Å²) in [6, 6.07) is 8.81. The molecule has 0 aliphatic heterocycles. The van der Waals surface area contributed by atoms with Crippen LogP contribution in [0.25, 0.3) is 0 Å². The van der Waals surface area contributed by atoms with Gasteiger partial charge in [-0.05, 0) is 41.1 Å². The highest BCUT2D eigenvalue weighted by atomic mass is 19.4. The fourth-order valence-corrected chi connectivity index (χ4v) is 3.20. The lowest BCUT2D eigenvalue weighted by Crippen LogP contribution is -2.35. The summed E-state index contributed by atoms with van der Waals surface area (Å²) in [5, 5.41) is 14.9. The van der Waals surface area contributed by atoms with Crippen molar-refractivity contribution in [3.05, 3.63) is 78.0 Å². The average molecular weight is 501 g/mol. The molecule has 3 heterocycles. The van der Waals surface area contributed by atoms with Gasteiger partial charge in [0.05, 0.1) is 17.7 Å². The number of carbonyl (C=O) groups excluding carboxylic acids is 2. The Morgan fingerprint density at radius 3 is 2.50 bits per heavy atom. The van der Waals surface area contributed by atoms with E-state index in [0.717, 1.165) is 12.1 Å². The number of urea groups is 1. The van der Waals surface area contributed by atoms with E-state index >= 15 is 0 Å². The van der Waals surface area contributed by atoms with E-state index in [1.807, 2.05) is 0 Å². The van der Waals surface area contributed by atoms with Crippen LogP contribution in [0.1, 0.15) is 17.0 Å². The number of hydrogen-bond donors (Lipinski definition) is 3. The van der Waals surface area contributed by atoms with E-state index in [9.17, 15) is 22.8 Å². The molecule has 3 amide bonds. The molecule has 0 saturated heterocycles. The maximum absolute atomic E-state index is 13.4. The summed E-state index contributed by atoms with van der Waals surface area (Å²) in [5.74, 6) is -0.609. The Morgan fingerprint density at radius 2 is 1.83 bits per heavy atom. The number of rotatable bonds is 7. The minimum Gasteiger partial charge on any atom is -0.326 e. The van der Waals surface area contributed by atoms with Crippen LogP contribution in [0.3, 0.4) is 0 Å². The number of nitrogens with zero attached hydrogens (tertiary/aromatic N) is 5. The van der Waals surface area contributed by atoms with Crippen molar-refractivity contribution in [1.82, 2.24) is 20.0 Å². The molecule has 0 aliphatic carbocycles. The molecule has 1 aromatic carbocycles. The Bertz CT molecular complexity index is 1370. The molecule has 14 heteroatoms. The van der Waals surface area contributed by atoms with E-state index in [0.29, 0.717) is 11.4 Å². The SMILES string of the molecule is Cn1ccc(CC(=O)Nc2cc(NC(=O)Nc3c[n+](Cc4ccccn4)no3)cc(C(F)(F)F)c2)n1. The van der Waals surface area contributed by atoms with E-state index in [-0.39, 0.29) is 30.2 Å². The Kier molecular flexibility index (Phi) is 6.94. The number of carbonyl (C=O) groups is 2. The van der Waals surface area contributed by atoms with Crippen molar-refractivity contribution in [2.45, 2.75) is 19.1 Å². The van der Waals surface area contributed by atoms with Gasteiger partial charge in [0.2, 0.25) is 17.7 Å². The highest BCUT2D eigenvalue weighted by Crippen LogP contribution is 2.33. The number of pyridine rings is 1. The van der Waals surface area contributed by atoms with E-state index in [1.165, 1.54) is 21.6 Å². The molecule has 0 aliphatic rings. The Hall–Kier alpha value is -4.75. The second-order valence-corrected chi connectivity index (χ2v) is 7.67. The molecule has 0 unspecified atom stereocenters. The van der Waals surface area contributed by atoms with Crippen molar-refractivity contribution >= 4 is 29.2 Å². The molecule has 0 spiro atoms. The predicted octanol–water partition coefficient (Wildman–Crippen LogP) is 2.98. The van der Waals surface area contributed by atoms with Crippen LogP contribution in [0.4, 0.5) is 35.2 Å². The Morgan fingerprint density at radius 1 is 1.06 bits per heavy atom. The molecule has 4 aromatic rings. The number of nitrogens with one attached hydrogen (secondary N) is 3. The van der Waals surface area contributed by atoms with E-state index in [2.05, 4.69) is 31.3 Å². The molecule has 4 rings (SSSR count). The maximum Gasteiger partial charge on any atom is 0.416 e. The van der Waals surface area contributed by atoms with Crippen molar-refractivity contribution in [2.24, 2.45) is 7.05 Å². The van der Waals surface area contributed by atoms with E-state index < -0.39 is 23.7 Å². The highest BCUT2D eigenvalue weighted by molar-refractivity contribution is 5.99. The predicted molar refractivity (Wildman–Crippen MR) is 120 cm³/mol. The molecule has 11 nitrogen and oxygen atoms in total. The second-order valence-electron chi connectivity index (χ2n) is 7.67. The first-order chi connectivity index (χ1) is 17.1. The number of benzene rings is 1. The number of halogens is 3. The number of anilines is 3. The third-order valence-corrected chi connectivity index (χ3v) is 4.71. The lowest BCUT2D eigenvalue weighted by Gasteiger charge is -2.13. The first-order valence-electron chi connectivity index (χ1n) is 10.5. The summed E-state index contributed by atoms with van der Waals surface area (Å²) in [6.45, 7) is 0.281. The van der Waals surface area contributed by atoms with Crippen LogP contribution in [0.15, 0.2) is 65.6 Å². The molecule has 3 N–H and O–H groups in total. The molecule has 0 radical (unpaired) electrons. The average Bonchev–Trinajstić information content (AvgIpc) is 3.41. The molecule has 186 valence electrons. The molecule has 0 fully saturated rings. The smallest absolute Gasteiger partial charge is 0.326 e. The number of amides is 3. The topological polar surface area (TPSA) is 131 Å². The lowest BCUT2D eigenvalue weighted by molar-refractivity contribution is -0.755. The van der Waals surface area contributed by atoms with Gasteiger partial charge in [0.25, 0.3) is 6.20 Å². The highest BCUT2D eigenvalue weighted by Gasteiger charge is 2.31. The largest absolute Gasteiger partial charge is 0.416 e. The summed E-state index contributed by atoms with van der Waals surface area (Å²) in [4.78, 5) is 28.8. The quantitative estimate of drug-likeness (QED) is 0.334. The molecule has 0 atom stereocenters. The van der Waals surface area contributed by atoms with Crippen molar-refractivity contribution < 1.29 is 32.0 Å². The van der Waals surface area contributed by atoms with Gasteiger partial charge < -0.3 is 10.6 Å². The zero-order valence-electron chi connectivity index (χ0n) is 18.8. The van der Waals surface area contributed by atoms with Crippen molar-refractivity contribution in [1.29, 1.82) is 0 Å². The van der Waals surface area contributed by atoms with E-state index in [1.54, 1.807) is 43.7 Å². The number of hydrogen-bond acceptors (Lipinski definition) is 6. The number of alkyl halides is 3. The fraction of sp³-hybridized carbons (Fsp3) is 0.182. The minimum absolute atomic E-state index is 0.0423. The maximum atomic E-state index is 13.4. The number of aromatic nitrogens is 5. The summed E-state index contributed by atoms with van der Waals surface area (Å²) in [6.07, 6.45) is -0.195. The van der Waals surface area contributed by atoms with Gasteiger partial charge in [-0.25, -0.2) is 4.79 Å². The van der Waals surface area contributed by atoms with Gasteiger partial charge in [-0.15, -0.1) is 0 Å². The molecular formula is C22H20F3N8O3+. The van der Waals surface area contributed by atoms with Crippen LogP contribution in [-0.4, -0.2) is 32.0 Å². The van der Waals surface area contributed by atoms with Crippen LogP contribution < -0.4 is 20.6 Å². The standard InChI is InChI=1S/C22H19F3N8O3/c1-32-7-5-15(30-32)11-19(34)27-17-8-14(22(23,24)25)9-18(10-17)28-21(35)29-20-13-33(31-36-20)12-16-4-2-3-6-26-16/h2-10,13H,11-12H2,1H3,(H2-,27,28,29,31,34,35)/p+1. The lowest BCUT2D eigenvalue weighted by atomic mass is 10.1. The summed E-state index contributed by atoms with van der Waals surface area (Å²) < 4.78 is 48.2. The van der Waals surface area contributed by atoms with Crippen LogP contribution in [0, 0.1) is 0 Å². The summed E-state index contributed by atoms with van der Waals surface area (Å²) in [7, 11) is 1.68. The third-order valence-electron chi connectivity index (χ3n) is 4.71. The first kappa shape index (κ1) is 24.4. The van der Waals surface area contributed by atoms with Crippen molar-refractivity contribution in [3.8, 4) is 0 Å². The monoisotopic (exact) mass is 501 g/mol.